The molecule has 0 spiro atoms. The van der Waals surface area contributed by atoms with Crippen LogP contribution in [0.4, 0.5) is 10.5 Å². The molecule has 0 aromatic heterocycles. The zero-order valence-corrected chi connectivity index (χ0v) is 14.9. The molecule has 128 valence electrons. The molecule has 0 fully saturated rings. The molecular formula is C19H23ClN2O2. The van der Waals surface area contributed by atoms with Gasteiger partial charge in [0.05, 0.1) is 12.6 Å². The van der Waals surface area contributed by atoms with Crippen LogP contribution in [0.15, 0.2) is 48.5 Å². The zero-order valence-electron chi connectivity index (χ0n) is 14.2. The smallest absolute Gasteiger partial charge is 0.321 e. The number of carbonyl (C=O) groups excluding carboxylic acids is 1. The van der Waals surface area contributed by atoms with Crippen LogP contribution in [0.1, 0.15) is 13.8 Å². The largest absolute Gasteiger partial charge is 0.394 e. The van der Waals surface area contributed by atoms with Crippen LogP contribution in [-0.4, -0.2) is 35.7 Å². The fourth-order valence-corrected chi connectivity index (χ4v) is 2.69. The number of amides is 2. The molecule has 2 amide bonds. The first-order valence-electron chi connectivity index (χ1n) is 7.93. The van der Waals surface area contributed by atoms with Crippen molar-refractivity contribution in [1.82, 2.24) is 4.90 Å². The van der Waals surface area contributed by atoms with Crippen molar-refractivity contribution >= 4 is 23.3 Å². The van der Waals surface area contributed by atoms with Crippen molar-refractivity contribution in [3.8, 4) is 11.1 Å². The minimum Gasteiger partial charge on any atom is -0.394 e. The molecule has 0 saturated heterocycles. The molecule has 0 saturated carbocycles. The lowest BCUT2D eigenvalue weighted by atomic mass is 10.0. The standard InChI is InChI=1S/C19H23ClN2O2/c1-13(2)18(12-23)22(3)19(24)21-17-6-4-5-15(11-17)14-7-9-16(20)10-8-14/h4-11,13,18,23H,12H2,1-3H3,(H,21,24). The number of urea groups is 1. The minimum atomic E-state index is -0.240. The summed E-state index contributed by atoms with van der Waals surface area (Å²) < 4.78 is 0. The second kappa shape index (κ2) is 8.18. The Labute approximate surface area is 148 Å². The van der Waals surface area contributed by atoms with Gasteiger partial charge in [-0.3, -0.25) is 0 Å². The van der Waals surface area contributed by atoms with E-state index in [1.165, 1.54) is 0 Å². The number of halogens is 1. The molecular weight excluding hydrogens is 324 g/mol. The summed E-state index contributed by atoms with van der Waals surface area (Å²) in [6.45, 7) is 3.89. The van der Waals surface area contributed by atoms with E-state index in [0.717, 1.165) is 11.1 Å². The predicted octanol–water partition coefficient (Wildman–Crippen LogP) is 4.49. The van der Waals surface area contributed by atoms with Gasteiger partial charge in [0.1, 0.15) is 0 Å². The second-order valence-electron chi connectivity index (χ2n) is 6.12. The van der Waals surface area contributed by atoms with E-state index in [0.29, 0.717) is 10.7 Å². The quantitative estimate of drug-likeness (QED) is 0.838. The van der Waals surface area contributed by atoms with Crippen LogP contribution in [0.25, 0.3) is 11.1 Å². The Bertz CT molecular complexity index is 686. The van der Waals surface area contributed by atoms with Gasteiger partial charge in [-0.2, -0.15) is 0 Å². The van der Waals surface area contributed by atoms with Gasteiger partial charge in [-0.15, -0.1) is 0 Å². The molecule has 0 aliphatic heterocycles. The third kappa shape index (κ3) is 4.49. The summed E-state index contributed by atoms with van der Waals surface area (Å²) in [6.07, 6.45) is 0. The van der Waals surface area contributed by atoms with Crippen molar-refractivity contribution in [2.45, 2.75) is 19.9 Å². The number of likely N-dealkylation sites (N-methyl/N-ethyl adjacent to an activating group) is 1. The lowest BCUT2D eigenvalue weighted by Gasteiger charge is -2.29. The van der Waals surface area contributed by atoms with Gasteiger partial charge in [-0.05, 0) is 41.3 Å². The minimum absolute atomic E-state index is 0.0631. The maximum absolute atomic E-state index is 12.4. The summed E-state index contributed by atoms with van der Waals surface area (Å²) in [5, 5.41) is 13.0. The van der Waals surface area contributed by atoms with Crippen molar-refractivity contribution in [2.24, 2.45) is 5.92 Å². The summed E-state index contributed by atoms with van der Waals surface area (Å²) in [5.74, 6) is 0.172. The number of anilines is 1. The molecule has 24 heavy (non-hydrogen) atoms. The number of nitrogens with zero attached hydrogens (tertiary/aromatic N) is 1. The fourth-order valence-electron chi connectivity index (χ4n) is 2.56. The average Bonchev–Trinajstić information content (AvgIpc) is 2.56. The highest BCUT2D eigenvalue weighted by atomic mass is 35.5. The van der Waals surface area contributed by atoms with E-state index < -0.39 is 0 Å². The Hall–Kier alpha value is -2.04. The van der Waals surface area contributed by atoms with E-state index in [-0.39, 0.29) is 24.6 Å². The fraction of sp³-hybridized carbons (Fsp3) is 0.316. The van der Waals surface area contributed by atoms with Crippen molar-refractivity contribution < 1.29 is 9.90 Å². The molecule has 0 bridgehead atoms. The van der Waals surface area contributed by atoms with Gasteiger partial charge in [0.25, 0.3) is 0 Å². The molecule has 2 aromatic carbocycles. The van der Waals surface area contributed by atoms with Crippen LogP contribution in [0.3, 0.4) is 0 Å². The van der Waals surface area contributed by atoms with Crippen molar-refractivity contribution in [3.63, 3.8) is 0 Å². The summed E-state index contributed by atoms with van der Waals surface area (Å²) in [7, 11) is 1.69. The first kappa shape index (κ1) is 18.3. The molecule has 2 N–H and O–H groups in total. The Morgan fingerprint density at radius 2 is 1.83 bits per heavy atom. The highest BCUT2D eigenvalue weighted by molar-refractivity contribution is 6.30. The van der Waals surface area contributed by atoms with Crippen LogP contribution in [-0.2, 0) is 0 Å². The lowest BCUT2D eigenvalue weighted by Crippen LogP contribution is -2.44. The maximum Gasteiger partial charge on any atom is 0.321 e. The normalized spacial score (nSPS) is 12.1. The molecule has 1 atom stereocenters. The van der Waals surface area contributed by atoms with Crippen LogP contribution in [0.2, 0.25) is 5.02 Å². The van der Waals surface area contributed by atoms with E-state index in [1.54, 1.807) is 11.9 Å². The number of nitrogens with one attached hydrogen (secondary N) is 1. The van der Waals surface area contributed by atoms with Gasteiger partial charge in [-0.1, -0.05) is 49.7 Å². The monoisotopic (exact) mass is 346 g/mol. The molecule has 0 aliphatic carbocycles. The first-order chi connectivity index (χ1) is 11.4. The highest BCUT2D eigenvalue weighted by Gasteiger charge is 2.22. The SMILES string of the molecule is CC(C)C(CO)N(C)C(=O)Nc1cccc(-c2ccc(Cl)cc2)c1. The highest BCUT2D eigenvalue weighted by Crippen LogP contribution is 2.24. The van der Waals surface area contributed by atoms with Gasteiger partial charge >= 0.3 is 6.03 Å². The topological polar surface area (TPSA) is 52.6 Å². The Balaban J connectivity index is 2.14. The number of aliphatic hydroxyl groups excluding tert-OH is 1. The zero-order chi connectivity index (χ0) is 17.7. The Morgan fingerprint density at radius 1 is 1.17 bits per heavy atom. The average molecular weight is 347 g/mol. The predicted molar refractivity (Wildman–Crippen MR) is 99.4 cm³/mol. The van der Waals surface area contributed by atoms with Crippen molar-refractivity contribution in [1.29, 1.82) is 0 Å². The number of benzene rings is 2. The third-order valence-corrected chi connectivity index (χ3v) is 4.32. The Kier molecular flexibility index (Phi) is 6.23. The number of hydrogen-bond donors (Lipinski definition) is 2. The van der Waals surface area contributed by atoms with E-state index >= 15 is 0 Å². The number of aliphatic hydroxyl groups is 1. The van der Waals surface area contributed by atoms with E-state index in [1.807, 2.05) is 62.4 Å². The van der Waals surface area contributed by atoms with Gasteiger partial charge in [0.2, 0.25) is 0 Å². The molecule has 5 heteroatoms. The second-order valence-corrected chi connectivity index (χ2v) is 6.56. The molecule has 1 unspecified atom stereocenters. The van der Waals surface area contributed by atoms with Gasteiger partial charge in [-0.25, -0.2) is 4.79 Å². The number of rotatable bonds is 5. The van der Waals surface area contributed by atoms with Crippen LogP contribution >= 0.6 is 11.6 Å². The van der Waals surface area contributed by atoms with Crippen molar-refractivity contribution in [3.05, 3.63) is 53.6 Å². The maximum atomic E-state index is 12.4. The number of carbonyl (C=O) groups is 1. The van der Waals surface area contributed by atoms with Gasteiger partial charge < -0.3 is 15.3 Å². The van der Waals surface area contributed by atoms with E-state index in [4.69, 9.17) is 11.6 Å². The summed E-state index contributed by atoms with van der Waals surface area (Å²) in [5.41, 5.74) is 2.73. The first-order valence-corrected chi connectivity index (χ1v) is 8.31. The lowest BCUT2D eigenvalue weighted by molar-refractivity contribution is 0.131. The molecule has 2 rings (SSSR count). The summed E-state index contributed by atoms with van der Waals surface area (Å²) >= 11 is 5.92. The van der Waals surface area contributed by atoms with Crippen LogP contribution in [0, 0.1) is 5.92 Å². The van der Waals surface area contributed by atoms with Gasteiger partial charge in [0, 0.05) is 17.8 Å². The van der Waals surface area contributed by atoms with Crippen LogP contribution in [0.5, 0.6) is 0 Å². The van der Waals surface area contributed by atoms with Gasteiger partial charge in [0.15, 0.2) is 0 Å². The van der Waals surface area contributed by atoms with E-state index in [9.17, 15) is 9.90 Å². The molecule has 0 heterocycles. The molecule has 0 aliphatic rings. The van der Waals surface area contributed by atoms with E-state index in [2.05, 4.69) is 5.32 Å². The summed E-state index contributed by atoms with van der Waals surface area (Å²) in [4.78, 5) is 13.9. The summed E-state index contributed by atoms with van der Waals surface area (Å²) in [6, 6.07) is 14.7. The molecule has 4 nitrogen and oxygen atoms in total. The van der Waals surface area contributed by atoms with Crippen LogP contribution < -0.4 is 5.32 Å². The molecule has 0 radical (unpaired) electrons. The van der Waals surface area contributed by atoms with Crippen molar-refractivity contribution in [2.75, 3.05) is 19.0 Å². The Morgan fingerprint density at radius 3 is 2.42 bits per heavy atom. The third-order valence-electron chi connectivity index (χ3n) is 4.07. The number of hydrogen-bond acceptors (Lipinski definition) is 2. The molecule has 2 aromatic rings.